The first-order valence-corrected chi connectivity index (χ1v) is 11.7. The SMILES string of the molecule is Cc1ccc(S(=O)(=O)Nc2ccc(NC(=O)CCN3C(=O)c4ccccc4C3=O)cc2)cc1. The molecule has 1 heterocycles. The van der Waals surface area contributed by atoms with Crippen molar-refractivity contribution < 1.29 is 22.8 Å². The third-order valence-electron chi connectivity index (χ3n) is 5.19. The van der Waals surface area contributed by atoms with E-state index in [0.29, 0.717) is 22.5 Å². The van der Waals surface area contributed by atoms with E-state index in [2.05, 4.69) is 10.0 Å². The minimum Gasteiger partial charge on any atom is -0.326 e. The first-order chi connectivity index (χ1) is 15.7. The number of hydrogen-bond acceptors (Lipinski definition) is 5. The maximum atomic E-state index is 12.5. The van der Waals surface area contributed by atoms with Crippen LogP contribution in [-0.4, -0.2) is 37.6 Å². The topological polar surface area (TPSA) is 113 Å². The van der Waals surface area contributed by atoms with Crippen molar-refractivity contribution in [1.29, 1.82) is 0 Å². The summed E-state index contributed by atoms with van der Waals surface area (Å²) in [6.45, 7) is 1.84. The largest absolute Gasteiger partial charge is 0.326 e. The van der Waals surface area contributed by atoms with Crippen LogP contribution in [0, 0.1) is 6.92 Å². The zero-order chi connectivity index (χ0) is 23.6. The Labute approximate surface area is 191 Å². The molecular weight excluding hydrogens is 442 g/mol. The van der Waals surface area contributed by atoms with E-state index < -0.39 is 21.8 Å². The van der Waals surface area contributed by atoms with Gasteiger partial charge in [0.25, 0.3) is 21.8 Å². The van der Waals surface area contributed by atoms with E-state index in [9.17, 15) is 22.8 Å². The molecule has 1 aliphatic heterocycles. The lowest BCUT2D eigenvalue weighted by Gasteiger charge is -2.14. The van der Waals surface area contributed by atoms with Gasteiger partial charge in [-0.15, -0.1) is 0 Å². The molecule has 33 heavy (non-hydrogen) atoms. The van der Waals surface area contributed by atoms with Crippen molar-refractivity contribution in [2.24, 2.45) is 0 Å². The molecule has 8 nitrogen and oxygen atoms in total. The van der Waals surface area contributed by atoms with Gasteiger partial charge in [0, 0.05) is 24.3 Å². The van der Waals surface area contributed by atoms with Crippen molar-refractivity contribution in [2.45, 2.75) is 18.2 Å². The van der Waals surface area contributed by atoms with E-state index in [1.54, 1.807) is 48.5 Å². The summed E-state index contributed by atoms with van der Waals surface area (Å²) in [7, 11) is -3.72. The molecule has 0 bridgehead atoms. The highest BCUT2D eigenvalue weighted by Crippen LogP contribution is 2.23. The maximum Gasteiger partial charge on any atom is 0.261 e. The number of rotatable bonds is 7. The van der Waals surface area contributed by atoms with E-state index >= 15 is 0 Å². The Balaban J connectivity index is 1.33. The molecule has 4 rings (SSSR count). The summed E-state index contributed by atoms with van der Waals surface area (Å²) in [5, 5.41) is 2.68. The molecule has 0 aliphatic carbocycles. The average Bonchev–Trinajstić information content (AvgIpc) is 3.04. The van der Waals surface area contributed by atoms with Crippen molar-refractivity contribution >= 4 is 39.1 Å². The zero-order valence-corrected chi connectivity index (χ0v) is 18.6. The Kier molecular flexibility index (Phi) is 5.97. The number of hydrogen-bond donors (Lipinski definition) is 2. The van der Waals surface area contributed by atoms with Gasteiger partial charge < -0.3 is 5.32 Å². The molecule has 0 fully saturated rings. The standard InChI is InChI=1S/C24H21N3O5S/c1-16-6-12-19(13-7-16)33(31,32)26-18-10-8-17(9-11-18)25-22(28)14-15-27-23(29)20-4-2-3-5-21(20)24(27)30/h2-13,26H,14-15H2,1H3,(H,25,28). The Morgan fingerprint density at radius 3 is 1.94 bits per heavy atom. The minimum atomic E-state index is -3.72. The van der Waals surface area contributed by atoms with E-state index in [1.807, 2.05) is 6.92 Å². The van der Waals surface area contributed by atoms with Crippen molar-refractivity contribution in [1.82, 2.24) is 4.90 Å². The monoisotopic (exact) mass is 463 g/mol. The van der Waals surface area contributed by atoms with Gasteiger partial charge in [0.05, 0.1) is 16.0 Å². The number of benzene rings is 3. The smallest absolute Gasteiger partial charge is 0.261 e. The fourth-order valence-corrected chi connectivity index (χ4v) is 4.49. The predicted molar refractivity (Wildman–Crippen MR) is 123 cm³/mol. The maximum absolute atomic E-state index is 12.5. The van der Waals surface area contributed by atoms with Gasteiger partial charge in [0.15, 0.2) is 0 Å². The summed E-state index contributed by atoms with van der Waals surface area (Å²) < 4.78 is 27.5. The van der Waals surface area contributed by atoms with E-state index in [1.165, 1.54) is 24.3 Å². The number of aryl methyl sites for hydroxylation is 1. The fraction of sp³-hybridized carbons (Fsp3) is 0.125. The van der Waals surface area contributed by atoms with Gasteiger partial charge in [-0.3, -0.25) is 24.0 Å². The van der Waals surface area contributed by atoms with Crippen molar-refractivity contribution in [3.05, 3.63) is 89.5 Å². The molecule has 3 aromatic carbocycles. The molecule has 3 amide bonds. The molecule has 168 valence electrons. The number of nitrogens with one attached hydrogen (secondary N) is 2. The fourth-order valence-electron chi connectivity index (χ4n) is 3.43. The summed E-state index contributed by atoms with van der Waals surface area (Å²) >= 11 is 0. The Bertz CT molecular complexity index is 1300. The van der Waals surface area contributed by atoms with E-state index in [0.717, 1.165) is 10.5 Å². The highest BCUT2D eigenvalue weighted by atomic mass is 32.2. The molecule has 0 saturated carbocycles. The number of carbonyl (C=O) groups excluding carboxylic acids is 3. The lowest BCUT2D eigenvalue weighted by Crippen LogP contribution is -2.32. The van der Waals surface area contributed by atoms with Crippen molar-refractivity contribution in [3.63, 3.8) is 0 Å². The van der Waals surface area contributed by atoms with Crippen LogP contribution >= 0.6 is 0 Å². The second-order valence-electron chi connectivity index (χ2n) is 7.60. The third-order valence-corrected chi connectivity index (χ3v) is 6.59. The highest BCUT2D eigenvalue weighted by molar-refractivity contribution is 7.92. The van der Waals surface area contributed by atoms with Crippen molar-refractivity contribution in [2.75, 3.05) is 16.6 Å². The van der Waals surface area contributed by atoms with Crippen LogP contribution in [-0.2, 0) is 14.8 Å². The first kappa shape index (κ1) is 22.2. The van der Waals surface area contributed by atoms with Crippen LogP contribution in [0.1, 0.15) is 32.7 Å². The lowest BCUT2D eigenvalue weighted by atomic mass is 10.1. The van der Waals surface area contributed by atoms with Gasteiger partial charge in [-0.1, -0.05) is 29.8 Å². The van der Waals surface area contributed by atoms with Crippen LogP contribution in [0.4, 0.5) is 11.4 Å². The van der Waals surface area contributed by atoms with E-state index in [-0.39, 0.29) is 23.8 Å². The Morgan fingerprint density at radius 1 is 0.818 bits per heavy atom. The van der Waals surface area contributed by atoms with Crippen LogP contribution in [0.3, 0.4) is 0 Å². The normalized spacial score (nSPS) is 13.1. The second-order valence-corrected chi connectivity index (χ2v) is 9.28. The van der Waals surface area contributed by atoms with Gasteiger partial charge in [0.1, 0.15) is 0 Å². The second kappa shape index (κ2) is 8.87. The number of amides is 3. The van der Waals surface area contributed by atoms with Gasteiger partial charge in [-0.2, -0.15) is 0 Å². The number of fused-ring (bicyclic) bond motifs is 1. The molecule has 1 aliphatic rings. The highest BCUT2D eigenvalue weighted by Gasteiger charge is 2.34. The minimum absolute atomic E-state index is 0.0351. The molecule has 9 heteroatoms. The Hall–Kier alpha value is -3.98. The zero-order valence-electron chi connectivity index (χ0n) is 17.7. The molecular formula is C24H21N3O5S. The van der Waals surface area contributed by atoms with Crippen LogP contribution in [0.25, 0.3) is 0 Å². The number of imide groups is 1. The Morgan fingerprint density at radius 2 is 1.36 bits per heavy atom. The van der Waals surface area contributed by atoms with Gasteiger partial charge in [-0.25, -0.2) is 8.42 Å². The first-order valence-electron chi connectivity index (χ1n) is 10.2. The van der Waals surface area contributed by atoms with Gasteiger partial charge in [0.2, 0.25) is 5.91 Å². The van der Waals surface area contributed by atoms with Crippen LogP contribution in [0.15, 0.2) is 77.7 Å². The van der Waals surface area contributed by atoms with Crippen LogP contribution in [0.2, 0.25) is 0 Å². The summed E-state index contributed by atoms with van der Waals surface area (Å²) in [6.07, 6.45) is -0.0622. The summed E-state index contributed by atoms with van der Waals surface area (Å²) in [5.74, 6) is -1.19. The molecule has 0 spiro atoms. The summed E-state index contributed by atoms with van der Waals surface area (Å²) in [4.78, 5) is 38.3. The third kappa shape index (κ3) is 4.78. The number of nitrogens with zero attached hydrogens (tertiary/aromatic N) is 1. The van der Waals surface area contributed by atoms with Gasteiger partial charge >= 0.3 is 0 Å². The summed E-state index contributed by atoms with van der Waals surface area (Å²) in [5.41, 5.74) is 2.44. The molecule has 0 saturated heterocycles. The molecule has 3 aromatic rings. The lowest BCUT2D eigenvalue weighted by molar-refractivity contribution is -0.116. The number of carbonyl (C=O) groups is 3. The summed E-state index contributed by atoms with van der Waals surface area (Å²) in [6, 6.07) is 19.2. The quantitative estimate of drug-likeness (QED) is 0.522. The average molecular weight is 464 g/mol. The number of anilines is 2. The number of sulfonamides is 1. The molecule has 0 atom stereocenters. The molecule has 0 unspecified atom stereocenters. The molecule has 2 N–H and O–H groups in total. The molecule has 0 radical (unpaired) electrons. The van der Waals surface area contributed by atoms with Crippen LogP contribution in [0.5, 0.6) is 0 Å². The van der Waals surface area contributed by atoms with E-state index in [4.69, 9.17) is 0 Å². The van der Waals surface area contributed by atoms with Crippen LogP contribution < -0.4 is 10.0 Å². The predicted octanol–water partition coefficient (Wildman–Crippen LogP) is 3.42. The van der Waals surface area contributed by atoms with Gasteiger partial charge in [-0.05, 0) is 55.5 Å². The molecule has 0 aromatic heterocycles. The van der Waals surface area contributed by atoms with Crippen molar-refractivity contribution in [3.8, 4) is 0 Å².